The molecular weight excluding hydrogens is 500 g/mol. The number of hydrogen-bond acceptors (Lipinski definition) is 4. The smallest absolute Gasteiger partial charge is 0.261 e. The fourth-order valence-electron chi connectivity index (χ4n) is 6.39. The van der Waals surface area contributed by atoms with Crippen molar-refractivity contribution in [3.63, 3.8) is 0 Å². The quantitative estimate of drug-likeness (QED) is 0.220. The number of para-hydroxylation sites is 2. The summed E-state index contributed by atoms with van der Waals surface area (Å²) >= 11 is 1.70. The van der Waals surface area contributed by atoms with Gasteiger partial charge in [0.15, 0.2) is 0 Å². The van der Waals surface area contributed by atoms with Gasteiger partial charge in [-0.2, -0.15) is 0 Å². The minimum Gasteiger partial charge on any atom is -0.301 e. The molecule has 7 rings (SSSR count). The van der Waals surface area contributed by atoms with E-state index < -0.39 is 0 Å². The van der Waals surface area contributed by atoms with Gasteiger partial charge < -0.3 is 4.90 Å². The zero-order valence-electron chi connectivity index (χ0n) is 22.4. The molecule has 0 fully saturated rings. The van der Waals surface area contributed by atoms with Gasteiger partial charge in [0, 0.05) is 33.5 Å². The molecule has 0 spiro atoms. The maximum atomic E-state index is 13.4. The summed E-state index contributed by atoms with van der Waals surface area (Å²) in [6, 6.07) is 29.0. The second-order valence-electron chi connectivity index (χ2n) is 11.1. The lowest BCUT2D eigenvalue weighted by atomic mass is 9.73. The van der Waals surface area contributed by atoms with E-state index in [0.717, 1.165) is 26.9 Å². The van der Waals surface area contributed by atoms with Gasteiger partial charge in [-0.25, -0.2) is 0 Å². The third kappa shape index (κ3) is 3.23. The Labute approximate surface area is 232 Å². The fraction of sp³-hybridized carbons (Fsp3) is 0.176. The van der Waals surface area contributed by atoms with Crippen LogP contribution in [0.2, 0.25) is 0 Å². The number of amides is 2. The Kier molecular flexibility index (Phi) is 5.13. The Bertz CT molecular complexity index is 1760. The van der Waals surface area contributed by atoms with Crippen molar-refractivity contribution in [3.05, 3.63) is 113 Å². The monoisotopic (exact) mass is 528 g/mol. The van der Waals surface area contributed by atoms with Crippen molar-refractivity contribution in [2.24, 2.45) is 0 Å². The molecule has 1 aromatic heterocycles. The first-order valence-electron chi connectivity index (χ1n) is 13.3. The van der Waals surface area contributed by atoms with Crippen molar-refractivity contribution in [2.45, 2.75) is 39.2 Å². The van der Waals surface area contributed by atoms with E-state index in [0.29, 0.717) is 11.1 Å². The average Bonchev–Trinajstić information content (AvgIpc) is 3.41. The number of thiophene rings is 1. The van der Waals surface area contributed by atoms with E-state index in [9.17, 15) is 9.59 Å². The van der Waals surface area contributed by atoms with E-state index in [-0.39, 0.29) is 23.3 Å². The third-order valence-corrected chi connectivity index (χ3v) is 9.13. The molecule has 5 heteroatoms. The Balaban J connectivity index is 1.47. The van der Waals surface area contributed by atoms with Crippen LogP contribution in [-0.2, 0) is 5.41 Å². The molecule has 0 saturated heterocycles. The summed E-state index contributed by atoms with van der Waals surface area (Å²) in [5.41, 5.74) is 8.05. The highest BCUT2D eigenvalue weighted by molar-refractivity contribution is 7.15. The summed E-state index contributed by atoms with van der Waals surface area (Å²) in [6.45, 7) is 8.33. The fourth-order valence-corrected chi connectivity index (χ4v) is 7.33. The zero-order valence-corrected chi connectivity index (χ0v) is 23.2. The highest BCUT2D eigenvalue weighted by atomic mass is 32.1. The molecular formula is C34H28N2O2S. The molecule has 0 aliphatic carbocycles. The molecule has 2 aliphatic heterocycles. The lowest BCUT2D eigenvalue weighted by molar-refractivity contribution is 0.0564. The SMILES string of the molecule is CC(C)N1C(=O)c2cccc3c(-c4ccsc4N4c5ccccc5C(C)(C)c5ccccc54)ccc(c23)C1=O. The molecule has 0 bridgehead atoms. The number of hydrogen-bond donors (Lipinski definition) is 0. The Morgan fingerprint density at radius 2 is 1.26 bits per heavy atom. The van der Waals surface area contributed by atoms with Gasteiger partial charge >= 0.3 is 0 Å². The van der Waals surface area contributed by atoms with Crippen molar-refractivity contribution in [1.29, 1.82) is 0 Å². The Hall–Kier alpha value is -4.22. The number of nitrogens with zero attached hydrogens (tertiary/aromatic N) is 2. The Morgan fingerprint density at radius 3 is 1.90 bits per heavy atom. The lowest BCUT2D eigenvalue weighted by Gasteiger charge is -2.41. The predicted molar refractivity (Wildman–Crippen MR) is 160 cm³/mol. The number of carbonyl (C=O) groups excluding carboxylic acids is 2. The molecule has 39 heavy (non-hydrogen) atoms. The van der Waals surface area contributed by atoms with Crippen LogP contribution in [0.4, 0.5) is 16.4 Å². The topological polar surface area (TPSA) is 40.6 Å². The van der Waals surface area contributed by atoms with Crippen LogP contribution in [0, 0.1) is 0 Å². The van der Waals surface area contributed by atoms with Gasteiger partial charge in [0.05, 0.1) is 11.4 Å². The summed E-state index contributed by atoms with van der Waals surface area (Å²) < 4.78 is 0. The van der Waals surface area contributed by atoms with Gasteiger partial charge in [-0.1, -0.05) is 68.4 Å². The molecule has 3 heterocycles. The molecule has 0 saturated carbocycles. The highest BCUT2D eigenvalue weighted by Crippen LogP contribution is 2.55. The number of fused-ring (bicyclic) bond motifs is 2. The first kappa shape index (κ1) is 23.9. The van der Waals surface area contributed by atoms with Crippen LogP contribution in [0.15, 0.2) is 90.3 Å². The Morgan fingerprint density at radius 1 is 0.667 bits per heavy atom. The van der Waals surface area contributed by atoms with Crippen molar-refractivity contribution in [1.82, 2.24) is 4.90 Å². The van der Waals surface area contributed by atoms with Crippen LogP contribution in [-0.4, -0.2) is 22.8 Å². The van der Waals surface area contributed by atoms with Crippen molar-refractivity contribution >= 4 is 50.3 Å². The van der Waals surface area contributed by atoms with E-state index in [1.807, 2.05) is 44.2 Å². The van der Waals surface area contributed by atoms with Crippen molar-refractivity contribution in [2.75, 3.05) is 4.90 Å². The summed E-state index contributed by atoms with van der Waals surface area (Å²) in [5, 5.41) is 4.92. The van der Waals surface area contributed by atoms with Crippen molar-refractivity contribution < 1.29 is 9.59 Å². The van der Waals surface area contributed by atoms with Gasteiger partial charge in [-0.3, -0.25) is 14.5 Å². The lowest BCUT2D eigenvalue weighted by Crippen LogP contribution is -2.44. The number of anilines is 3. The molecule has 2 aliphatic rings. The largest absolute Gasteiger partial charge is 0.301 e. The number of imide groups is 1. The summed E-state index contributed by atoms with van der Waals surface area (Å²) in [4.78, 5) is 30.6. The predicted octanol–water partition coefficient (Wildman–Crippen LogP) is 8.68. The molecule has 0 radical (unpaired) electrons. The van der Waals surface area contributed by atoms with Gasteiger partial charge in [-0.15, -0.1) is 11.3 Å². The van der Waals surface area contributed by atoms with E-state index in [1.165, 1.54) is 27.4 Å². The van der Waals surface area contributed by atoms with Crippen LogP contribution in [0.25, 0.3) is 21.9 Å². The zero-order chi connectivity index (χ0) is 27.1. The van der Waals surface area contributed by atoms with Gasteiger partial charge in [-0.05, 0) is 71.6 Å². The normalized spacial score (nSPS) is 15.6. The molecule has 0 atom stereocenters. The molecule has 4 nitrogen and oxygen atoms in total. The van der Waals surface area contributed by atoms with E-state index in [2.05, 4.69) is 78.7 Å². The summed E-state index contributed by atoms with van der Waals surface area (Å²) in [6.07, 6.45) is 0. The molecule has 0 N–H and O–H groups in total. The van der Waals surface area contributed by atoms with Crippen LogP contribution in [0.3, 0.4) is 0 Å². The minimum absolute atomic E-state index is 0.135. The molecule has 5 aromatic rings. The van der Waals surface area contributed by atoms with Crippen LogP contribution >= 0.6 is 11.3 Å². The van der Waals surface area contributed by atoms with E-state index in [1.54, 1.807) is 11.3 Å². The van der Waals surface area contributed by atoms with E-state index >= 15 is 0 Å². The van der Waals surface area contributed by atoms with Crippen LogP contribution in [0.1, 0.15) is 59.5 Å². The van der Waals surface area contributed by atoms with Gasteiger partial charge in [0.2, 0.25) is 0 Å². The average molecular weight is 529 g/mol. The third-order valence-electron chi connectivity index (χ3n) is 8.23. The second kappa shape index (κ2) is 8.39. The number of rotatable bonds is 3. The first-order valence-corrected chi connectivity index (χ1v) is 14.2. The minimum atomic E-state index is -0.225. The molecule has 192 valence electrons. The van der Waals surface area contributed by atoms with Crippen LogP contribution in [0.5, 0.6) is 0 Å². The summed E-state index contributed by atoms with van der Waals surface area (Å²) in [5.74, 6) is -0.450. The van der Waals surface area contributed by atoms with Gasteiger partial charge in [0.25, 0.3) is 11.8 Å². The standard InChI is InChI=1S/C34H28N2O2S/c1-20(2)35-31(37)24-11-9-10-22-21(16-17-25(30(22)24)32(35)38)23-18-19-39-33(23)36-28-14-7-5-12-26(28)34(3,4)27-13-6-8-15-29(27)36/h5-20H,1-4H3. The van der Waals surface area contributed by atoms with E-state index in [4.69, 9.17) is 0 Å². The van der Waals surface area contributed by atoms with Gasteiger partial charge in [0.1, 0.15) is 5.00 Å². The number of carbonyl (C=O) groups is 2. The summed E-state index contributed by atoms with van der Waals surface area (Å²) in [7, 11) is 0. The maximum Gasteiger partial charge on any atom is 0.261 e. The maximum absolute atomic E-state index is 13.4. The molecule has 4 aromatic carbocycles. The molecule has 0 unspecified atom stereocenters. The first-order chi connectivity index (χ1) is 18.8. The highest BCUT2D eigenvalue weighted by Gasteiger charge is 2.38. The molecule has 2 amide bonds. The van der Waals surface area contributed by atoms with Crippen LogP contribution < -0.4 is 4.90 Å². The second-order valence-corrected chi connectivity index (χ2v) is 12.0. The number of benzene rings is 4. The van der Waals surface area contributed by atoms with Crippen molar-refractivity contribution in [3.8, 4) is 11.1 Å².